The summed E-state index contributed by atoms with van der Waals surface area (Å²) < 4.78 is 0. The van der Waals surface area contributed by atoms with Crippen LogP contribution in [0, 0.1) is 0 Å². The molecule has 0 aliphatic rings. The highest BCUT2D eigenvalue weighted by Gasteiger charge is 2.23. The Bertz CT molecular complexity index is 750. The summed E-state index contributed by atoms with van der Waals surface area (Å²) in [4.78, 5) is 26.3. The first kappa shape index (κ1) is 19.3. The summed E-state index contributed by atoms with van der Waals surface area (Å²) >= 11 is 11.8. The Balaban J connectivity index is 1.99. The molecule has 0 heterocycles. The van der Waals surface area contributed by atoms with E-state index in [-0.39, 0.29) is 24.3 Å². The molecule has 1 unspecified atom stereocenters. The predicted octanol–water partition coefficient (Wildman–Crippen LogP) is 4.58. The molecule has 6 heteroatoms. The van der Waals surface area contributed by atoms with Crippen LogP contribution >= 0.6 is 23.2 Å². The lowest BCUT2D eigenvalue weighted by Crippen LogP contribution is -2.37. The second-order valence-corrected chi connectivity index (χ2v) is 6.56. The molecule has 132 valence electrons. The number of likely N-dealkylation sites (N-methyl/N-ethyl adjacent to an activating group) is 1. The average Bonchev–Trinajstić information content (AvgIpc) is 2.59. The normalized spacial score (nSPS) is 11.7. The SMILES string of the molecule is CCC(C(=O)N(C)CC(=O)Nc1ccc(Cl)c(Cl)c1)c1ccccc1. The lowest BCUT2D eigenvalue weighted by Gasteiger charge is -2.23. The van der Waals surface area contributed by atoms with Crippen molar-refractivity contribution in [2.24, 2.45) is 0 Å². The highest BCUT2D eigenvalue weighted by Crippen LogP contribution is 2.25. The molecule has 0 bridgehead atoms. The second-order valence-electron chi connectivity index (χ2n) is 5.74. The summed E-state index contributed by atoms with van der Waals surface area (Å²) in [6.45, 7) is 1.92. The van der Waals surface area contributed by atoms with E-state index in [4.69, 9.17) is 23.2 Å². The topological polar surface area (TPSA) is 49.4 Å². The summed E-state index contributed by atoms with van der Waals surface area (Å²) in [6, 6.07) is 14.4. The molecule has 0 radical (unpaired) electrons. The number of hydrogen-bond donors (Lipinski definition) is 1. The molecule has 0 fully saturated rings. The van der Waals surface area contributed by atoms with E-state index in [1.807, 2.05) is 37.3 Å². The highest BCUT2D eigenvalue weighted by molar-refractivity contribution is 6.42. The summed E-state index contributed by atoms with van der Waals surface area (Å²) in [5, 5.41) is 3.49. The first-order valence-corrected chi connectivity index (χ1v) is 8.72. The zero-order valence-electron chi connectivity index (χ0n) is 14.1. The Labute approximate surface area is 157 Å². The Morgan fingerprint density at radius 1 is 1.08 bits per heavy atom. The van der Waals surface area contributed by atoms with E-state index in [0.29, 0.717) is 22.2 Å². The van der Waals surface area contributed by atoms with Gasteiger partial charge in [-0.05, 0) is 30.2 Å². The van der Waals surface area contributed by atoms with Crippen LogP contribution in [0.2, 0.25) is 10.0 Å². The van der Waals surface area contributed by atoms with Gasteiger partial charge in [-0.25, -0.2) is 0 Å². The van der Waals surface area contributed by atoms with Crippen LogP contribution in [0.1, 0.15) is 24.8 Å². The molecule has 2 aromatic carbocycles. The summed E-state index contributed by atoms with van der Waals surface area (Å²) in [7, 11) is 1.63. The maximum atomic E-state index is 12.7. The van der Waals surface area contributed by atoms with E-state index in [0.717, 1.165) is 5.56 Å². The van der Waals surface area contributed by atoms with Gasteiger partial charge in [0.25, 0.3) is 0 Å². The van der Waals surface area contributed by atoms with E-state index in [1.54, 1.807) is 25.2 Å². The number of carbonyl (C=O) groups excluding carboxylic acids is 2. The maximum absolute atomic E-state index is 12.7. The van der Waals surface area contributed by atoms with Gasteiger partial charge in [0.05, 0.1) is 22.5 Å². The van der Waals surface area contributed by atoms with Crippen LogP contribution in [-0.2, 0) is 9.59 Å². The number of benzene rings is 2. The van der Waals surface area contributed by atoms with Gasteiger partial charge in [0.1, 0.15) is 0 Å². The largest absolute Gasteiger partial charge is 0.336 e. The zero-order chi connectivity index (χ0) is 18.4. The third kappa shape index (κ3) is 5.21. The molecule has 4 nitrogen and oxygen atoms in total. The van der Waals surface area contributed by atoms with Crippen molar-refractivity contribution in [2.45, 2.75) is 19.3 Å². The van der Waals surface area contributed by atoms with Gasteiger partial charge in [-0.15, -0.1) is 0 Å². The Kier molecular flexibility index (Phi) is 6.85. The molecule has 0 saturated heterocycles. The molecule has 0 saturated carbocycles. The number of hydrogen-bond acceptors (Lipinski definition) is 2. The molecule has 2 rings (SSSR count). The van der Waals surface area contributed by atoms with Crippen molar-refractivity contribution >= 4 is 40.7 Å². The number of nitrogens with zero attached hydrogens (tertiary/aromatic N) is 1. The monoisotopic (exact) mass is 378 g/mol. The van der Waals surface area contributed by atoms with E-state index >= 15 is 0 Å². The number of anilines is 1. The fourth-order valence-electron chi connectivity index (χ4n) is 2.57. The predicted molar refractivity (Wildman–Crippen MR) is 102 cm³/mol. The molecule has 0 spiro atoms. The van der Waals surface area contributed by atoms with E-state index in [2.05, 4.69) is 5.32 Å². The smallest absolute Gasteiger partial charge is 0.243 e. The van der Waals surface area contributed by atoms with E-state index in [1.165, 1.54) is 4.90 Å². The lowest BCUT2D eigenvalue weighted by atomic mass is 9.95. The quantitative estimate of drug-likeness (QED) is 0.799. The molecular weight excluding hydrogens is 359 g/mol. The lowest BCUT2D eigenvalue weighted by molar-refractivity contribution is -0.134. The number of nitrogens with one attached hydrogen (secondary N) is 1. The molecule has 0 aromatic heterocycles. The Morgan fingerprint density at radius 3 is 2.36 bits per heavy atom. The third-order valence-corrected chi connectivity index (χ3v) is 4.61. The molecule has 1 N–H and O–H groups in total. The van der Waals surface area contributed by atoms with Gasteiger partial charge in [0.15, 0.2) is 0 Å². The minimum atomic E-state index is -0.294. The van der Waals surface area contributed by atoms with Gasteiger partial charge in [-0.3, -0.25) is 9.59 Å². The highest BCUT2D eigenvalue weighted by atomic mass is 35.5. The number of halogens is 2. The molecule has 0 aliphatic carbocycles. The Morgan fingerprint density at radius 2 is 1.76 bits per heavy atom. The fraction of sp³-hybridized carbons (Fsp3) is 0.263. The Hall–Kier alpha value is -2.04. The second kappa shape index (κ2) is 8.88. The van der Waals surface area contributed by atoms with Crippen LogP contribution in [-0.4, -0.2) is 30.3 Å². The molecular formula is C19H20Cl2N2O2. The molecule has 25 heavy (non-hydrogen) atoms. The van der Waals surface area contributed by atoms with Gasteiger partial charge in [0.2, 0.25) is 11.8 Å². The van der Waals surface area contributed by atoms with Crippen molar-refractivity contribution in [3.63, 3.8) is 0 Å². The van der Waals surface area contributed by atoms with E-state index < -0.39 is 0 Å². The van der Waals surface area contributed by atoms with Gasteiger partial charge >= 0.3 is 0 Å². The van der Waals surface area contributed by atoms with Crippen LogP contribution in [0.3, 0.4) is 0 Å². The minimum Gasteiger partial charge on any atom is -0.336 e. The number of rotatable bonds is 6. The maximum Gasteiger partial charge on any atom is 0.243 e. The first-order chi connectivity index (χ1) is 11.9. The zero-order valence-corrected chi connectivity index (χ0v) is 15.6. The van der Waals surface area contributed by atoms with Gasteiger partial charge in [-0.1, -0.05) is 60.5 Å². The van der Waals surface area contributed by atoms with Crippen molar-refractivity contribution in [2.75, 3.05) is 18.9 Å². The van der Waals surface area contributed by atoms with Crippen LogP contribution in [0.15, 0.2) is 48.5 Å². The van der Waals surface area contributed by atoms with Crippen molar-refractivity contribution in [3.8, 4) is 0 Å². The van der Waals surface area contributed by atoms with Crippen LogP contribution in [0.4, 0.5) is 5.69 Å². The van der Waals surface area contributed by atoms with Crippen molar-refractivity contribution in [3.05, 3.63) is 64.1 Å². The van der Waals surface area contributed by atoms with Crippen molar-refractivity contribution in [1.82, 2.24) is 4.90 Å². The van der Waals surface area contributed by atoms with E-state index in [9.17, 15) is 9.59 Å². The third-order valence-electron chi connectivity index (χ3n) is 3.87. The van der Waals surface area contributed by atoms with Gasteiger partial charge < -0.3 is 10.2 Å². The first-order valence-electron chi connectivity index (χ1n) is 7.97. The van der Waals surface area contributed by atoms with Gasteiger partial charge in [0, 0.05) is 12.7 Å². The number of amides is 2. The average molecular weight is 379 g/mol. The van der Waals surface area contributed by atoms with Crippen LogP contribution in [0.5, 0.6) is 0 Å². The molecule has 1 atom stereocenters. The van der Waals surface area contributed by atoms with Crippen molar-refractivity contribution in [1.29, 1.82) is 0 Å². The molecule has 0 aliphatic heterocycles. The van der Waals surface area contributed by atoms with Crippen molar-refractivity contribution < 1.29 is 9.59 Å². The summed E-state index contributed by atoms with van der Waals surface area (Å²) in [5.41, 5.74) is 1.49. The molecule has 2 aromatic rings. The molecule has 2 amide bonds. The fourth-order valence-corrected chi connectivity index (χ4v) is 2.87. The standard InChI is InChI=1S/C19H20Cl2N2O2/c1-3-15(13-7-5-4-6-8-13)19(25)23(2)12-18(24)22-14-9-10-16(20)17(21)11-14/h4-11,15H,3,12H2,1-2H3,(H,22,24). The van der Waals surface area contributed by atoms with Crippen LogP contribution < -0.4 is 5.32 Å². The minimum absolute atomic E-state index is 0.0393. The number of carbonyl (C=O) groups is 2. The van der Waals surface area contributed by atoms with Gasteiger partial charge in [-0.2, -0.15) is 0 Å². The summed E-state index contributed by atoms with van der Waals surface area (Å²) in [5.74, 6) is -0.640. The van der Waals surface area contributed by atoms with Crippen LogP contribution in [0.25, 0.3) is 0 Å². The summed E-state index contributed by atoms with van der Waals surface area (Å²) in [6.07, 6.45) is 0.668.